The molecule has 0 heterocycles. The molecule has 0 bridgehead atoms. The van der Waals surface area contributed by atoms with Gasteiger partial charge in [0.05, 0.1) is 17.3 Å². The predicted octanol–water partition coefficient (Wildman–Crippen LogP) is 3.88. The molecule has 0 aromatic heterocycles. The molecule has 0 aliphatic rings. The number of carbonyl (C=O) groups excluding carboxylic acids is 1. The van der Waals surface area contributed by atoms with E-state index >= 15 is 0 Å². The van der Waals surface area contributed by atoms with Crippen LogP contribution in [0.4, 0.5) is 11.4 Å². The van der Waals surface area contributed by atoms with Crippen LogP contribution >= 0.6 is 11.6 Å². The topological polar surface area (TPSA) is 64.3 Å². The average Bonchev–Trinajstić information content (AvgIpc) is 2.42. The molecule has 1 amide bonds. The highest BCUT2D eigenvalue weighted by Crippen LogP contribution is 2.25. The Bertz CT molecular complexity index is 671. The van der Waals surface area contributed by atoms with Crippen molar-refractivity contribution < 1.29 is 9.53 Å². The van der Waals surface area contributed by atoms with E-state index in [0.29, 0.717) is 34.3 Å². The number of ether oxygens (including phenoxy) is 1. The molecule has 4 nitrogen and oxygen atoms in total. The molecule has 2 rings (SSSR count). The predicted molar refractivity (Wildman–Crippen MR) is 86.2 cm³/mol. The second-order valence-electron chi connectivity index (χ2n) is 4.66. The van der Waals surface area contributed by atoms with Crippen LogP contribution in [-0.4, -0.2) is 12.5 Å². The summed E-state index contributed by atoms with van der Waals surface area (Å²) in [5.74, 6) is 0.286. The van der Waals surface area contributed by atoms with Crippen LogP contribution in [0.2, 0.25) is 5.02 Å². The summed E-state index contributed by atoms with van der Waals surface area (Å²) in [6.45, 7) is 4.31. The van der Waals surface area contributed by atoms with Crippen molar-refractivity contribution in [2.24, 2.45) is 0 Å². The molecular formula is C16H17ClN2O2. The number of hydrogen-bond donors (Lipinski definition) is 2. The fourth-order valence-corrected chi connectivity index (χ4v) is 2.10. The Morgan fingerprint density at radius 2 is 2.05 bits per heavy atom. The van der Waals surface area contributed by atoms with Gasteiger partial charge in [0, 0.05) is 17.3 Å². The van der Waals surface area contributed by atoms with Crippen LogP contribution in [0.3, 0.4) is 0 Å². The lowest BCUT2D eigenvalue weighted by Crippen LogP contribution is -2.13. The molecule has 0 spiro atoms. The number of anilines is 2. The normalized spacial score (nSPS) is 10.2. The standard InChI is InChI=1S/C16H17ClN2O2/c1-3-21-13-8-11(7-12(18)9-13)16(20)19-15-6-10(2)4-5-14(15)17/h4-9H,3,18H2,1-2H3,(H,19,20). The fraction of sp³-hybridized carbons (Fsp3) is 0.188. The van der Waals surface area contributed by atoms with Gasteiger partial charge in [0.15, 0.2) is 0 Å². The molecule has 0 radical (unpaired) electrons. The number of nitrogen functional groups attached to an aromatic ring is 1. The molecule has 2 aromatic rings. The summed E-state index contributed by atoms with van der Waals surface area (Å²) >= 11 is 6.08. The van der Waals surface area contributed by atoms with Gasteiger partial charge in [-0.3, -0.25) is 4.79 Å². The Labute approximate surface area is 128 Å². The summed E-state index contributed by atoms with van der Waals surface area (Å²) in [7, 11) is 0. The Hall–Kier alpha value is -2.20. The van der Waals surface area contributed by atoms with Crippen LogP contribution in [0.15, 0.2) is 36.4 Å². The molecule has 2 aromatic carbocycles. The van der Waals surface area contributed by atoms with Crippen molar-refractivity contribution in [3.05, 3.63) is 52.5 Å². The third kappa shape index (κ3) is 3.89. The summed E-state index contributed by atoms with van der Waals surface area (Å²) in [5, 5.41) is 3.27. The van der Waals surface area contributed by atoms with Gasteiger partial charge in [0.2, 0.25) is 0 Å². The molecule has 21 heavy (non-hydrogen) atoms. The number of rotatable bonds is 4. The summed E-state index contributed by atoms with van der Waals surface area (Å²) in [4.78, 5) is 12.3. The van der Waals surface area contributed by atoms with Crippen LogP contribution in [-0.2, 0) is 0 Å². The first kappa shape index (κ1) is 15.2. The monoisotopic (exact) mass is 304 g/mol. The quantitative estimate of drug-likeness (QED) is 0.842. The summed E-state index contributed by atoms with van der Waals surface area (Å²) in [6, 6.07) is 10.4. The van der Waals surface area contributed by atoms with Gasteiger partial charge in [-0.05, 0) is 43.7 Å². The first-order valence-electron chi connectivity index (χ1n) is 6.60. The summed E-state index contributed by atoms with van der Waals surface area (Å²) < 4.78 is 5.38. The number of amides is 1. The van der Waals surface area contributed by atoms with E-state index in [2.05, 4.69) is 5.32 Å². The fourth-order valence-electron chi connectivity index (χ4n) is 1.93. The average molecular weight is 305 g/mol. The lowest BCUT2D eigenvalue weighted by Gasteiger charge is -2.10. The zero-order valence-electron chi connectivity index (χ0n) is 11.9. The molecule has 0 aliphatic heterocycles. The van der Waals surface area contributed by atoms with Crippen molar-refractivity contribution in [3.63, 3.8) is 0 Å². The van der Waals surface area contributed by atoms with Crippen molar-refractivity contribution in [1.82, 2.24) is 0 Å². The largest absolute Gasteiger partial charge is 0.494 e. The molecule has 0 saturated carbocycles. The third-order valence-corrected chi connectivity index (χ3v) is 3.20. The maximum atomic E-state index is 12.3. The van der Waals surface area contributed by atoms with E-state index in [1.54, 1.807) is 24.3 Å². The van der Waals surface area contributed by atoms with Crippen molar-refractivity contribution in [3.8, 4) is 5.75 Å². The molecule has 0 unspecified atom stereocenters. The van der Waals surface area contributed by atoms with Gasteiger partial charge in [-0.2, -0.15) is 0 Å². The van der Waals surface area contributed by atoms with E-state index in [4.69, 9.17) is 22.1 Å². The van der Waals surface area contributed by atoms with E-state index in [1.165, 1.54) is 0 Å². The van der Waals surface area contributed by atoms with Gasteiger partial charge in [-0.1, -0.05) is 17.7 Å². The number of nitrogens with two attached hydrogens (primary N) is 1. The number of nitrogens with one attached hydrogen (secondary N) is 1. The maximum Gasteiger partial charge on any atom is 0.255 e. The molecule has 110 valence electrons. The molecule has 0 atom stereocenters. The molecule has 0 fully saturated rings. The van der Waals surface area contributed by atoms with Crippen molar-refractivity contribution in [2.75, 3.05) is 17.7 Å². The smallest absolute Gasteiger partial charge is 0.255 e. The third-order valence-electron chi connectivity index (χ3n) is 2.87. The molecule has 5 heteroatoms. The van der Waals surface area contributed by atoms with E-state index < -0.39 is 0 Å². The first-order chi connectivity index (χ1) is 9.99. The van der Waals surface area contributed by atoms with Gasteiger partial charge in [0.25, 0.3) is 5.91 Å². The summed E-state index contributed by atoms with van der Waals surface area (Å²) in [5.41, 5.74) is 8.27. The Morgan fingerprint density at radius 3 is 2.76 bits per heavy atom. The van der Waals surface area contributed by atoms with Gasteiger partial charge < -0.3 is 15.8 Å². The number of benzene rings is 2. The minimum atomic E-state index is -0.282. The second kappa shape index (κ2) is 6.50. The molecule has 0 aliphatic carbocycles. The van der Waals surface area contributed by atoms with E-state index in [-0.39, 0.29) is 5.91 Å². The lowest BCUT2D eigenvalue weighted by molar-refractivity contribution is 0.102. The van der Waals surface area contributed by atoms with Crippen LogP contribution in [0.25, 0.3) is 0 Å². The maximum absolute atomic E-state index is 12.3. The number of aryl methyl sites for hydroxylation is 1. The van der Waals surface area contributed by atoms with E-state index in [0.717, 1.165) is 5.56 Å². The number of halogens is 1. The van der Waals surface area contributed by atoms with Crippen LogP contribution < -0.4 is 15.8 Å². The number of hydrogen-bond acceptors (Lipinski definition) is 3. The molecule has 3 N–H and O–H groups in total. The van der Waals surface area contributed by atoms with Crippen molar-refractivity contribution in [2.45, 2.75) is 13.8 Å². The van der Waals surface area contributed by atoms with Gasteiger partial charge >= 0.3 is 0 Å². The Morgan fingerprint density at radius 1 is 1.29 bits per heavy atom. The lowest BCUT2D eigenvalue weighted by atomic mass is 10.1. The Balaban J connectivity index is 2.25. The zero-order valence-corrected chi connectivity index (χ0v) is 12.7. The highest BCUT2D eigenvalue weighted by molar-refractivity contribution is 6.34. The van der Waals surface area contributed by atoms with Gasteiger partial charge in [-0.15, -0.1) is 0 Å². The van der Waals surface area contributed by atoms with Crippen molar-refractivity contribution in [1.29, 1.82) is 0 Å². The van der Waals surface area contributed by atoms with Crippen LogP contribution in [0, 0.1) is 6.92 Å². The van der Waals surface area contributed by atoms with E-state index in [9.17, 15) is 4.79 Å². The SMILES string of the molecule is CCOc1cc(N)cc(C(=O)Nc2cc(C)ccc2Cl)c1. The molecule has 0 saturated heterocycles. The van der Waals surface area contributed by atoms with Crippen molar-refractivity contribution >= 4 is 28.9 Å². The van der Waals surface area contributed by atoms with Crippen LogP contribution in [0.5, 0.6) is 5.75 Å². The highest BCUT2D eigenvalue weighted by atomic mass is 35.5. The molecular weight excluding hydrogens is 288 g/mol. The highest BCUT2D eigenvalue weighted by Gasteiger charge is 2.11. The second-order valence-corrected chi connectivity index (χ2v) is 5.07. The van der Waals surface area contributed by atoms with Gasteiger partial charge in [0.1, 0.15) is 5.75 Å². The summed E-state index contributed by atoms with van der Waals surface area (Å²) in [6.07, 6.45) is 0. The minimum Gasteiger partial charge on any atom is -0.494 e. The first-order valence-corrected chi connectivity index (χ1v) is 6.98. The number of carbonyl (C=O) groups is 1. The van der Waals surface area contributed by atoms with Gasteiger partial charge in [-0.25, -0.2) is 0 Å². The Kier molecular flexibility index (Phi) is 4.70. The van der Waals surface area contributed by atoms with Crippen LogP contribution in [0.1, 0.15) is 22.8 Å². The zero-order chi connectivity index (χ0) is 15.4. The minimum absolute atomic E-state index is 0.282. The van der Waals surface area contributed by atoms with E-state index in [1.807, 2.05) is 26.0 Å².